The molecule has 0 aromatic heterocycles. The maximum atomic E-state index is 11.2. The first-order valence-corrected chi connectivity index (χ1v) is 4.48. The van der Waals surface area contributed by atoms with Crippen LogP contribution in [0.3, 0.4) is 0 Å². The molecule has 1 aromatic rings. The van der Waals surface area contributed by atoms with Gasteiger partial charge >= 0.3 is 5.97 Å². The summed E-state index contributed by atoms with van der Waals surface area (Å²) in [7, 11) is 0. The number of hydrogen-bond donors (Lipinski definition) is 0. The van der Waals surface area contributed by atoms with Crippen molar-refractivity contribution in [2.24, 2.45) is 0 Å². The van der Waals surface area contributed by atoms with Crippen LogP contribution in [0.2, 0.25) is 0 Å². The quantitative estimate of drug-likeness (QED) is 0.313. The highest BCUT2D eigenvalue weighted by Crippen LogP contribution is 2.09. The molecular formula is C12H11O2. The van der Waals surface area contributed by atoms with Gasteiger partial charge in [0.1, 0.15) is 5.75 Å². The molecule has 2 nitrogen and oxygen atoms in total. The predicted molar refractivity (Wildman–Crippen MR) is 53.1 cm³/mol. The Morgan fingerprint density at radius 2 is 2.07 bits per heavy atom. The molecule has 0 unspecified atom stereocenters. The SMILES string of the molecule is [C]#CCCCC(=O)Oc1ccccc1. The first-order valence-electron chi connectivity index (χ1n) is 4.48. The second-order valence-electron chi connectivity index (χ2n) is 2.82. The van der Waals surface area contributed by atoms with Crippen LogP contribution in [0.4, 0.5) is 0 Å². The summed E-state index contributed by atoms with van der Waals surface area (Å²) in [4.78, 5) is 11.2. The number of carbonyl (C=O) groups excluding carboxylic acids is 1. The predicted octanol–water partition coefficient (Wildman–Crippen LogP) is 2.35. The van der Waals surface area contributed by atoms with Crippen molar-refractivity contribution in [3.8, 4) is 11.7 Å². The molecule has 0 bridgehead atoms. The van der Waals surface area contributed by atoms with Crippen LogP contribution >= 0.6 is 0 Å². The molecular weight excluding hydrogens is 176 g/mol. The van der Waals surface area contributed by atoms with Crippen LogP contribution in [0.5, 0.6) is 5.75 Å². The Labute approximate surface area is 83.9 Å². The van der Waals surface area contributed by atoms with E-state index in [4.69, 9.17) is 11.2 Å². The Bertz CT molecular complexity index is 322. The van der Waals surface area contributed by atoms with E-state index in [1.807, 2.05) is 18.2 Å². The van der Waals surface area contributed by atoms with E-state index < -0.39 is 0 Å². The number of ether oxygens (including phenoxy) is 1. The van der Waals surface area contributed by atoms with Gasteiger partial charge in [-0.1, -0.05) is 24.1 Å². The van der Waals surface area contributed by atoms with Crippen LogP contribution < -0.4 is 4.74 Å². The average Bonchev–Trinajstić information content (AvgIpc) is 2.20. The number of esters is 1. The third-order valence-corrected chi connectivity index (χ3v) is 1.66. The minimum Gasteiger partial charge on any atom is -0.427 e. The fourth-order valence-electron chi connectivity index (χ4n) is 0.992. The molecule has 0 aliphatic carbocycles. The number of carbonyl (C=O) groups is 1. The molecule has 2 heteroatoms. The van der Waals surface area contributed by atoms with Crippen LogP contribution in [0.1, 0.15) is 19.3 Å². The Kier molecular flexibility index (Phi) is 4.30. The molecule has 0 spiro atoms. The first kappa shape index (κ1) is 10.3. The highest BCUT2D eigenvalue weighted by molar-refractivity contribution is 5.72. The molecule has 14 heavy (non-hydrogen) atoms. The molecule has 0 saturated heterocycles. The van der Waals surface area contributed by atoms with Crippen molar-refractivity contribution >= 4 is 5.97 Å². The average molecular weight is 187 g/mol. The second-order valence-corrected chi connectivity index (χ2v) is 2.82. The Morgan fingerprint density at radius 3 is 2.71 bits per heavy atom. The van der Waals surface area contributed by atoms with Gasteiger partial charge in [-0.05, 0) is 25.0 Å². The molecule has 0 aliphatic heterocycles. The molecule has 0 amide bonds. The highest BCUT2D eigenvalue weighted by atomic mass is 16.5. The van der Waals surface area contributed by atoms with Crippen molar-refractivity contribution in [1.82, 2.24) is 0 Å². The fourth-order valence-corrected chi connectivity index (χ4v) is 0.992. The van der Waals surface area contributed by atoms with Crippen molar-refractivity contribution in [2.75, 3.05) is 0 Å². The van der Waals surface area contributed by atoms with Crippen LogP contribution in [0.25, 0.3) is 0 Å². The number of unbranched alkanes of at least 4 members (excludes halogenated alkanes) is 1. The van der Waals surface area contributed by atoms with E-state index in [2.05, 4.69) is 5.92 Å². The largest absolute Gasteiger partial charge is 0.427 e. The van der Waals surface area contributed by atoms with E-state index in [1.165, 1.54) is 0 Å². The van der Waals surface area contributed by atoms with E-state index in [0.29, 0.717) is 25.0 Å². The van der Waals surface area contributed by atoms with Gasteiger partial charge in [-0.3, -0.25) is 4.79 Å². The lowest BCUT2D eigenvalue weighted by Crippen LogP contribution is -2.06. The van der Waals surface area contributed by atoms with Crippen molar-refractivity contribution < 1.29 is 9.53 Å². The monoisotopic (exact) mass is 187 g/mol. The highest BCUT2D eigenvalue weighted by Gasteiger charge is 2.02. The summed E-state index contributed by atoms with van der Waals surface area (Å²) >= 11 is 0. The van der Waals surface area contributed by atoms with Gasteiger partial charge in [0.15, 0.2) is 0 Å². The van der Waals surface area contributed by atoms with Crippen LogP contribution in [-0.4, -0.2) is 5.97 Å². The lowest BCUT2D eigenvalue weighted by Gasteiger charge is -2.02. The first-order chi connectivity index (χ1) is 6.83. The smallest absolute Gasteiger partial charge is 0.311 e. The zero-order chi connectivity index (χ0) is 10.2. The number of para-hydroxylation sites is 1. The van der Waals surface area contributed by atoms with E-state index in [9.17, 15) is 4.79 Å². The normalized spacial score (nSPS) is 9.07. The molecule has 0 heterocycles. The Morgan fingerprint density at radius 1 is 1.36 bits per heavy atom. The van der Waals surface area contributed by atoms with Crippen molar-refractivity contribution in [3.63, 3.8) is 0 Å². The van der Waals surface area contributed by atoms with Crippen molar-refractivity contribution in [2.45, 2.75) is 19.3 Å². The van der Waals surface area contributed by atoms with E-state index in [0.717, 1.165) is 0 Å². The molecule has 0 saturated carbocycles. The standard InChI is InChI=1S/C12H11O2/c1-2-3-5-10-12(13)14-11-8-6-4-7-9-11/h4,6-9H,3,5,10H2. The van der Waals surface area contributed by atoms with Gasteiger partial charge in [0.05, 0.1) is 0 Å². The van der Waals surface area contributed by atoms with E-state index >= 15 is 0 Å². The number of hydrogen-bond acceptors (Lipinski definition) is 2. The summed E-state index contributed by atoms with van der Waals surface area (Å²) in [5.74, 6) is 2.54. The van der Waals surface area contributed by atoms with Gasteiger partial charge < -0.3 is 4.74 Å². The van der Waals surface area contributed by atoms with E-state index in [-0.39, 0.29) is 5.97 Å². The molecule has 1 radical (unpaired) electrons. The minimum absolute atomic E-state index is 0.258. The summed E-state index contributed by atoms with van der Waals surface area (Å²) in [5, 5.41) is 0. The summed E-state index contributed by atoms with van der Waals surface area (Å²) in [6, 6.07) is 8.96. The number of benzene rings is 1. The summed E-state index contributed by atoms with van der Waals surface area (Å²) in [6.45, 7) is 0. The second kappa shape index (κ2) is 5.82. The maximum absolute atomic E-state index is 11.2. The molecule has 0 aliphatic rings. The van der Waals surface area contributed by atoms with E-state index in [1.54, 1.807) is 12.1 Å². The van der Waals surface area contributed by atoms with Crippen molar-refractivity contribution in [3.05, 3.63) is 36.8 Å². The van der Waals surface area contributed by atoms with Gasteiger partial charge in [0, 0.05) is 12.8 Å². The molecule has 71 valence electrons. The third kappa shape index (κ3) is 3.77. The topological polar surface area (TPSA) is 26.3 Å². The third-order valence-electron chi connectivity index (χ3n) is 1.66. The van der Waals surface area contributed by atoms with Gasteiger partial charge in [-0.15, -0.1) is 0 Å². The Balaban J connectivity index is 2.32. The maximum Gasteiger partial charge on any atom is 0.311 e. The number of rotatable bonds is 4. The zero-order valence-electron chi connectivity index (χ0n) is 7.82. The fraction of sp³-hybridized carbons (Fsp3) is 0.250. The van der Waals surface area contributed by atoms with Crippen LogP contribution in [-0.2, 0) is 4.79 Å². The Hall–Kier alpha value is -1.75. The molecule has 0 N–H and O–H groups in total. The lowest BCUT2D eigenvalue weighted by atomic mass is 10.2. The van der Waals surface area contributed by atoms with Gasteiger partial charge in [0.25, 0.3) is 0 Å². The lowest BCUT2D eigenvalue weighted by molar-refractivity contribution is -0.134. The van der Waals surface area contributed by atoms with Crippen LogP contribution in [0.15, 0.2) is 30.3 Å². The molecule has 0 fully saturated rings. The van der Waals surface area contributed by atoms with Gasteiger partial charge in [0.2, 0.25) is 0 Å². The summed E-state index contributed by atoms with van der Waals surface area (Å²) in [5.41, 5.74) is 0. The summed E-state index contributed by atoms with van der Waals surface area (Å²) in [6.07, 6.45) is 8.12. The van der Waals surface area contributed by atoms with Crippen molar-refractivity contribution in [1.29, 1.82) is 0 Å². The van der Waals surface area contributed by atoms with Gasteiger partial charge in [-0.2, -0.15) is 0 Å². The summed E-state index contributed by atoms with van der Waals surface area (Å²) < 4.78 is 5.03. The molecule has 0 atom stereocenters. The minimum atomic E-state index is -0.258. The molecule has 1 rings (SSSR count). The molecule has 1 aromatic carbocycles. The zero-order valence-corrected chi connectivity index (χ0v) is 7.82. The van der Waals surface area contributed by atoms with Crippen LogP contribution in [0, 0.1) is 12.3 Å². The van der Waals surface area contributed by atoms with Gasteiger partial charge in [-0.25, -0.2) is 0 Å².